The maximum atomic E-state index is 12.9. The molecule has 0 amide bonds. The average molecular weight is 277 g/mol. The van der Waals surface area contributed by atoms with Gasteiger partial charge in [-0.2, -0.15) is 13.2 Å². The van der Waals surface area contributed by atoms with E-state index in [0.29, 0.717) is 6.07 Å². The van der Waals surface area contributed by atoms with E-state index in [9.17, 15) is 22.0 Å². The van der Waals surface area contributed by atoms with Crippen LogP contribution in [-0.4, -0.2) is 12.1 Å². The molecular weight excluding hydrogens is 269 g/mol. The van der Waals surface area contributed by atoms with Crippen molar-refractivity contribution < 1.29 is 26.7 Å². The predicted molar refractivity (Wildman–Crippen MR) is 58.3 cm³/mol. The lowest BCUT2D eigenvalue weighted by Crippen LogP contribution is -2.09. The number of benzene rings is 1. The molecule has 2 rings (SSSR count). The average Bonchev–Trinajstić information content (AvgIpc) is 2.35. The molecule has 1 heterocycles. The van der Waals surface area contributed by atoms with E-state index in [2.05, 4.69) is 4.98 Å². The monoisotopic (exact) mass is 277 g/mol. The Labute approximate surface area is 104 Å². The fourth-order valence-corrected chi connectivity index (χ4v) is 1.68. The van der Waals surface area contributed by atoms with Gasteiger partial charge >= 0.3 is 6.18 Å². The van der Waals surface area contributed by atoms with E-state index in [0.717, 1.165) is 0 Å². The first kappa shape index (κ1) is 13.5. The maximum absolute atomic E-state index is 12.9. The second kappa shape index (κ2) is 4.64. The molecule has 0 spiro atoms. The van der Waals surface area contributed by atoms with Gasteiger partial charge in [-0.3, -0.25) is 0 Å². The van der Waals surface area contributed by atoms with Crippen molar-refractivity contribution in [3.8, 4) is 5.75 Å². The van der Waals surface area contributed by atoms with Gasteiger partial charge in [0, 0.05) is 10.9 Å². The second-order valence-corrected chi connectivity index (χ2v) is 3.78. The van der Waals surface area contributed by atoms with Crippen LogP contribution in [0.4, 0.5) is 22.0 Å². The number of hydrogen-bond donors (Lipinski definition) is 0. The first-order valence-corrected chi connectivity index (χ1v) is 5.17. The number of alkyl halides is 5. The Hall–Kier alpha value is -1.92. The maximum Gasteiger partial charge on any atom is 0.433 e. The largest absolute Gasteiger partial charge is 0.497 e. The lowest BCUT2D eigenvalue weighted by Gasteiger charge is -2.12. The van der Waals surface area contributed by atoms with Gasteiger partial charge in [0.05, 0.1) is 12.6 Å². The molecule has 0 aliphatic rings. The number of hydrogen-bond acceptors (Lipinski definition) is 2. The Morgan fingerprint density at radius 2 is 1.84 bits per heavy atom. The smallest absolute Gasteiger partial charge is 0.433 e. The molecule has 0 radical (unpaired) electrons. The standard InChI is InChI=1S/C12H8F5NO/c1-19-6-2-3-9-7(4-6)8(11(13)14)5-10(18-9)12(15,16)17/h2-5,11H,1H3. The summed E-state index contributed by atoms with van der Waals surface area (Å²) >= 11 is 0. The van der Waals surface area contributed by atoms with E-state index in [1.54, 1.807) is 0 Å². The Bertz CT molecular complexity index is 609. The number of fused-ring (bicyclic) bond motifs is 1. The summed E-state index contributed by atoms with van der Waals surface area (Å²) in [5.74, 6) is 0.274. The minimum atomic E-state index is -4.77. The molecule has 0 aliphatic heterocycles. The van der Waals surface area contributed by atoms with Gasteiger partial charge in [0.1, 0.15) is 11.4 Å². The molecule has 0 saturated carbocycles. The zero-order valence-electron chi connectivity index (χ0n) is 9.63. The lowest BCUT2D eigenvalue weighted by atomic mass is 10.1. The normalized spacial score (nSPS) is 12.2. The lowest BCUT2D eigenvalue weighted by molar-refractivity contribution is -0.141. The van der Waals surface area contributed by atoms with Gasteiger partial charge in [-0.15, -0.1) is 0 Å². The summed E-state index contributed by atoms with van der Waals surface area (Å²) in [5, 5.41) is -0.0534. The number of rotatable bonds is 2. The molecule has 7 heteroatoms. The van der Waals surface area contributed by atoms with Gasteiger partial charge in [0.15, 0.2) is 0 Å². The third-order valence-electron chi connectivity index (χ3n) is 2.57. The van der Waals surface area contributed by atoms with Gasteiger partial charge in [-0.25, -0.2) is 13.8 Å². The van der Waals surface area contributed by atoms with E-state index < -0.39 is 23.9 Å². The van der Waals surface area contributed by atoms with Crippen molar-refractivity contribution in [1.29, 1.82) is 0 Å². The summed E-state index contributed by atoms with van der Waals surface area (Å²) in [6.07, 6.45) is -7.80. The fraction of sp³-hybridized carbons (Fsp3) is 0.250. The Morgan fingerprint density at radius 1 is 1.16 bits per heavy atom. The molecule has 0 bridgehead atoms. The number of ether oxygens (including phenoxy) is 1. The number of nitrogens with zero attached hydrogens (tertiary/aromatic N) is 1. The van der Waals surface area contributed by atoms with Crippen molar-refractivity contribution >= 4 is 10.9 Å². The van der Waals surface area contributed by atoms with Crippen LogP contribution < -0.4 is 4.74 Å². The highest BCUT2D eigenvalue weighted by Gasteiger charge is 2.34. The summed E-state index contributed by atoms with van der Waals surface area (Å²) in [6, 6.07) is 4.19. The minimum absolute atomic E-state index is 0.0534. The summed E-state index contributed by atoms with van der Waals surface area (Å²) < 4.78 is 68.3. The molecular formula is C12H8F5NO. The van der Waals surface area contributed by atoms with Crippen LogP contribution in [0.25, 0.3) is 10.9 Å². The van der Waals surface area contributed by atoms with Crippen LogP contribution in [0.2, 0.25) is 0 Å². The van der Waals surface area contributed by atoms with Crippen LogP contribution in [0, 0.1) is 0 Å². The van der Waals surface area contributed by atoms with Crippen LogP contribution in [0.1, 0.15) is 17.7 Å². The molecule has 0 atom stereocenters. The fourth-order valence-electron chi connectivity index (χ4n) is 1.68. The number of pyridine rings is 1. The third kappa shape index (κ3) is 2.59. The molecule has 0 aliphatic carbocycles. The van der Waals surface area contributed by atoms with Crippen molar-refractivity contribution in [3.05, 3.63) is 35.5 Å². The van der Waals surface area contributed by atoms with E-state index in [1.165, 1.54) is 25.3 Å². The summed E-state index contributed by atoms with van der Waals surface area (Å²) in [4.78, 5) is 3.35. The van der Waals surface area contributed by atoms with E-state index in [-0.39, 0.29) is 16.7 Å². The number of aromatic nitrogens is 1. The van der Waals surface area contributed by atoms with Gasteiger partial charge in [-0.1, -0.05) is 0 Å². The zero-order valence-corrected chi connectivity index (χ0v) is 9.63. The van der Waals surface area contributed by atoms with E-state index in [1.807, 2.05) is 0 Å². The zero-order chi connectivity index (χ0) is 14.2. The molecule has 19 heavy (non-hydrogen) atoms. The molecule has 1 aromatic carbocycles. The minimum Gasteiger partial charge on any atom is -0.497 e. The molecule has 0 fully saturated rings. The van der Waals surface area contributed by atoms with E-state index in [4.69, 9.17) is 4.74 Å². The third-order valence-corrected chi connectivity index (χ3v) is 2.57. The van der Waals surface area contributed by atoms with Gasteiger partial charge in [0.2, 0.25) is 0 Å². The van der Waals surface area contributed by atoms with Gasteiger partial charge in [-0.05, 0) is 24.3 Å². The van der Waals surface area contributed by atoms with Crippen molar-refractivity contribution in [2.24, 2.45) is 0 Å². The molecule has 1 aromatic heterocycles. The molecule has 2 nitrogen and oxygen atoms in total. The van der Waals surface area contributed by atoms with Crippen LogP contribution in [0.15, 0.2) is 24.3 Å². The van der Waals surface area contributed by atoms with Gasteiger partial charge in [0.25, 0.3) is 6.43 Å². The Morgan fingerprint density at radius 3 is 2.37 bits per heavy atom. The Balaban J connectivity index is 2.75. The second-order valence-electron chi connectivity index (χ2n) is 3.78. The SMILES string of the molecule is COc1ccc2nc(C(F)(F)F)cc(C(F)F)c2c1. The highest BCUT2D eigenvalue weighted by Crippen LogP contribution is 2.35. The molecule has 0 N–H and O–H groups in total. The number of methoxy groups -OCH3 is 1. The first-order chi connectivity index (χ1) is 8.82. The quantitative estimate of drug-likeness (QED) is 0.767. The summed E-state index contributed by atoms with van der Waals surface area (Å²) in [5.41, 5.74) is -2.19. The highest BCUT2D eigenvalue weighted by atomic mass is 19.4. The van der Waals surface area contributed by atoms with Crippen LogP contribution in [0.5, 0.6) is 5.75 Å². The van der Waals surface area contributed by atoms with E-state index >= 15 is 0 Å². The van der Waals surface area contributed by atoms with Crippen molar-refractivity contribution in [2.75, 3.05) is 7.11 Å². The van der Waals surface area contributed by atoms with Crippen LogP contribution in [0.3, 0.4) is 0 Å². The van der Waals surface area contributed by atoms with Gasteiger partial charge < -0.3 is 4.74 Å². The first-order valence-electron chi connectivity index (χ1n) is 5.17. The summed E-state index contributed by atoms with van der Waals surface area (Å²) in [6.45, 7) is 0. The van der Waals surface area contributed by atoms with Crippen LogP contribution >= 0.6 is 0 Å². The molecule has 0 saturated heterocycles. The van der Waals surface area contributed by atoms with Crippen molar-refractivity contribution in [1.82, 2.24) is 4.98 Å². The molecule has 0 unspecified atom stereocenters. The van der Waals surface area contributed by atoms with Crippen LogP contribution in [-0.2, 0) is 6.18 Å². The molecule has 2 aromatic rings. The van der Waals surface area contributed by atoms with Crippen molar-refractivity contribution in [3.63, 3.8) is 0 Å². The number of halogens is 5. The topological polar surface area (TPSA) is 22.1 Å². The molecule has 102 valence electrons. The van der Waals surface area contributed by atoms with Crippen molar-refractivity contribution in [2.45, 2.75) is 12.6 Å². The summed E-state index contributed by atoms with van der Waals surface area (Å²) in [7, 11) is 1.33. The Kier molecular flexibility index (Phi) is 3.30. The predicted octanol–water partition coefficient (Wildman–Crippen LogP) is 4.20. The highest BCUT2D eigenvalue weighted by molar-refractivity contribution is 5.84.